The van der Waals surface area contributed by atoms with E-state index in [4.69, 9.17) is 16.3 Å². The zero-order chi connectivity index (χ0) is 11.1. The zero-order valence-corrected chi connectivity index (χ0v) is 9.34. The summed E-state index contributed by atoms with van der Waals surface area (Å²) in [7, 11) is 0. The second-order valence-electron chi connectivity index (χ2n) is 3.14. The van der Waals surface area contributed by atoms with Crippen LogP contribution in [0.15, 0.2) is 0 Å². The Kier molecular flexibility index (Phi) is 6.28. The quantitative estimate of drug-likeness (QED) is 0.400. The van der Waals surface area contributed by atoms with E-state index < -0.39 is 17.3 Å². The van der Waals surface area contributed by atoms with Gasteiger partial charge < -0.3 is 9.47 Å². The van der Waals surface area contributed by atoms with Gasteiger partial charge in [0.1, 0.15) is 0 Å². The maximum atomic E-state index is 11.1. The van der Waals surface area contributed by atoms with Crippen molar-refractivity contribution >= 4 is 23.5 Å². The van der Waals surface area contributed by atoms with Crippen molar-refractivity contribution in [2.45, 2.75) is 26.1 Å². The van der Waals surface area contributed by atoms with Gasteiger partial charge in [-0.3, -0.25) is 0 Å². The van der Waals surface area contributed by atoms with Gasteiger partial charge in [0.2, 0.25) is 5.38 Å². The highest BCUT2D eigenvalue weighted by Gasteiger charge is 2.26. The number of hydrogen-bond acceptors (Lipinski definition) is 4. The minimum atomic E-state index is -1.35. The molecule has 0 radical (unpaired) electrons. The van der Waals surface area contributed by atoms with Gasteiger partial charge in [0.25, 0.3) is 0 Å². The lowest BCUT2D eigenvalue weighted by atomic mass is 10.2. The van der Waals surface area contributed by atoms with Gasteiger partial charge in [-0.05, 0) is 12.8 Å². The molecule has 4 nitrogen and oxygen atoms in total. The van der Waals surface area contributed by atoms with Crippen molar-refractivity contribution in [2.75, 3.05) is 13.2 Å². The lowest BCUT2D eigenvalue weighted by Gasteiger charge is -2.10. The van der Waals surface area contributed by atoms with Crippen molar-refractivity contribution in [1.29, 1.82) is 0 Å². The van der Waals surface area contributed by atoms with E-state index in [1.165, 1.54) is 0 Å². The second-order valence-corrected chi connectivity index (χ2v) is 3.57. The molecule has 1 atom stereocenters. The number of rotatable bonds is 5. The van der Waals surface area contributed by atoms with E-state index in [0.29, 0.717) is 0 Å². The first-order chi connectivity index (χ1) is 6.49. The lowest BCUT2D eigenvalue weighted by molar-refractivity contribution is -0.154. The molecule has 0 spiro atoms. The van der Waals surface area contributed by atoms with E-state index in [1.54, 1.807) is 6.92 Å². The van der Waals surface area contributed by atoms with Gasteiger partial charge in [-0.25, -0.2) is 9.59 Å². The molecule has 0 aromatic heterocycles. The van der Waals surface area contributed by atoms with Gasteiger partial charge in [0, 0.05) is 0 Å². The average molecular weight is 223 g/mol. The normalized spacial score (nSPS) is 12.4. The van der Waals surface area contributed by atoms with Crippen molar-refractivity contribution in [3.8, 4) is 0 Å². The van der Waals surface area contributed by atoms with Crippen LogP contribution in [-0.2, 0) is 19.1 Å². The summed E-state index contributed by atoms with van der Waals surface area (Å²) >= 11 is 5.49. The number of carbonyl (C=O) groups excluding carboxylic acids is 2. The van der Waals surface area contributed by atoms with Crippen molar-refractivity contribution < 1.29 is 19.1 Å². The van der Waals surface area contributed by atoms with Crippen LogP contribution >= 0.6 is 11.6 Å². The summed E-state index contributed by atoms with van der Waals surface area (Å²) in [6.07, 6.45) is 0. The molecular weight excluding hydrogens is 208 g/mol. The number of hydrogen-bond donors (Lipinski definition) is 0. The molecule has 0 aliphatic carbocycles. The summed E-state index contributed by atoms with van der Waals surface area (Å²) in [5, 5.41) is -1.35. The van der Waals surface area contributed by atoms with Crippen LogP contribution in [0.1, 0.15) is 20.8 Å². The van der Waals surface area contributed by atoms with Crippen LogP contribution in [0.4, 0.5) is 0 Å². The second kappa shape index (κ2) is 6.65. The van der Waals surface area contributed by atoms with E-state index in [-0.39, 0.29) is 19.1 Å². The monoisotopic (exact) mass is 222 g/mol. The smallest absolute Gasteiger partial charge is 0.335 e. The van der Waals surface area contributed by atoms with Gasteiger partial charge in [-0.1, -0.05) is 25.4 Å². The molecule has 0 aromatic carbocycles. The fourth-order valence-electron chi connectivity index (χ4n) is 0.634. The van der Waals surface area contributed by atoms with Crippen LogP contribution < -0.4 is 0 Å². The van der Waals surface area contributed by atoms with Crippen LogP contribution in [0.25, 0.3) is 0 Å². The first-order valence-electron chi connectivity index (χ1n) is 4.46. The molecule has 0 N–H and O–H groups in total. The van der Waals surface area contributed by atoms with E-state index >= 15 is 0 Å². The SMILES string of the molecule is CCOC(=O)C(Cl)C(=O)OCC(C)C. The highest BCUT2D eigenvalue weighted by atomic mass is 35.5. The van der Waals surface area contributed by atoms with E-state index in [0.717, 1.165) is 0 Å². The summed E-state index contributed by atoms with van der Waals surface area (Å²) in [6, 6.07) is 0. The van der Waals surface area contributed by atoms with Gasteiger partial charge in [-0.2, -0.15) is 0 Å². The first kappa shape index (κ1) is 13.2. The van der Waals surface area contributed by atoms with E-state index in [9.17, 15) is 9.59 Å². The van der Waals surface area contributed by atoms with Crippen molar-refractivity contribution in [3.05, 3.63) is 0 Å². The minimum Gasteiger partial charge on any atom is -0.464 e. The molecule has 1 unspecified atom stereocenters. The van der Waals surface area contributed by atoms with Crippen LogP contribution in [0, 0.1) is 5.92 Å². The Balaban J connectivity index is 3.92. The molecule has 82 valence electrons. The summed E-state index contributed by atoms with van der Waals surface area (Å²) in [4.78, 5) is 22.1. The Morgan fingerprint density at radius 1 is 1.21 bits per heavy atom. The Hall–Kier alpha value is -0.770. The van der Waals surface area contributed by atoms with Crippen molar-refractivity contribution in [1.82, 2.24) is 0 Å². The average Bonchev–Trinajstić information content (AvgIpc) is 2.13. The Bertz CT molecular complexity index is 203. The number of halogens is 1. The maximum Gasteiger partial charge on any atom is 0.335 e. The molecule has 0 aliphatic rings. The molecular formula is C9H15ClO4. The highest BCUT2D eigenvalue weighted by molar-refractivity contribution is 6.39. The molecule has 14 heavy (non-hydrogen) atoms. The molecule has 0 aromatic rings. The van der Waals surface area contributed by atoms with Gasteiger partial charge in [0.15, 0.2) is 0 Å². The van der Waals surface area contributed by atoms with E-state index in [1.807, 2.05) is 13.8 Å². The summed E-state index contributed by atoms with van der Waals surface area (Å²) in [6.45, 7) is 5.86. The maximum absolute atomic E-state index is 11.1. The number of ether oxygens (including phenoxy) is 2. The lowest BCUT2D eigenvalue weighted by Crippen LogP contribution is -2.29. The predicted molar refractivity (Wildman–Crippen MR) is 52.1 cm³/mol. The van der Waals surface area contributed by atoms with Crippen LogP contribution in [-0.4, -0.2) is 30.5 Å². The van der Waals surface area contributed by atoms with Crippen molar-refractivity contribution in [2.24, 2.45) is 5.92 Å². The predicted octanol–water partition coefficient (Wildman–Crippen LogP) is 1.36. The third-order valence-corrected chi connectivity index (χ3v) is 1.62. The summed E-state index contributed by atoms with van der Waals surface area (Å²) < 4.78 is 9.32. The summed E-state index contributed by atoms with van der Waals surface area (Å²) in [5.74, 6) is -1.30. The zero-order valence-electron chi connectivity index (χ0n) is 8.58. The Morgan fingerprint density at radius 3 is 2.14 bits per heavy atom. The van der Waals surface area contributed by atoms with Crippen LogP contribution in [0.2, 0.25) is 0 Å². The van der Waals surface area contributed by atoms with E-state index in [2.05, 4.69) is 4.74 Å². The standard InChI is InChI=1S/C9H15ClO4/c1-4-13-8(11)7(10)9(12)14-5-6(2)3/h6-7H,4-5H2,1-3H3. The fraction of sp³-hybridized carbons (Fsp3) is 0.778. The fourth-order valence-corrected chi connectivity index (χ4v) is 0.760. The Labute approximate surface area is 88.5 Å². The molecule has 0 saturated carbocycles. The third-order valence-electron chi connectivity index (χ3n) is 1.26. The molecule has 0 saturated heterocycles. The minimum absolute atomic E-state index is 0.194. The molecule has 5 heteroatoms. The van der Waals surface area contributed by atoms with Crippen LogP contribution in [0.5, 0.6) is 0 Å². The topological polar surface area (TPSA) is 52.6 Å². The Morgan fingerprint density at radius 2 is 1.71 bits per heavy atom. The molecule has 0 fully saturated rings. The molecule has 0 heterocycles. The van der Waals surface area contributed by atoms with Crippen molar-refractivity contribution in [3.63, 3.8) is 0 Å². The molecule has 0 bridgehead atoms. The van der Waals surface area contributed by atoms with Crippen LogP contribution in [0.3, 0.4) is 0 Å². The van der Waals surface area contributed by atoms with Gasteiger partial charge >= 0.3 is 11.9 Å². The number of carbonyl (C=O) groups is 2. The highest BCUT2D eigenvalue weighted by Crippen LogP contribution is 2.04. The first-order valence-corrected chi connectivity index (χ1v) is 4.90. The van der Waals surface area contributed by atoms with Gasteiger partial charge in [0.05, 0.1) is 13.2 Å². The molecule has 0 rings (SSSR count). The number of alkyl halides is 1. The summed E-state index contributed by atoms with van der Waals surface area (Å²) in [5.41, 5.74) is 0. The number of esters is 2. The molecule has 0 amide bonds. The van der Waals surface area contributed by atoms with Gasteiger partial charge in [-0.15, -0.1) is 0 Å². The largest absolute Gasteiger partial charge is 0.464 e. The third kappa shape index (κ3) is 5.07. The molecule has 0 aliphatic heterocycles.